The Morgan fingerprint density at radius 2 is 2.27 bits per heavy atom. The highest BCUT2D eigenvalue weighted by Crippen LogP contribution is 2.28. The van der Waals surface area contributed by atoms with Crippen LogP contribution in [0.25, 0.3) is 10.9 Å². The van der Waals surface area contributed by atoms with E-state index in [1.807, 2.05) is 0 Å². The van der Waals surface area contributed by atoms with Crippen molar-refractivity contribution >= 4 is 33.1 Å². The number of carbonyl (C=O) groups is 1. The molecule has 4 rings (SSSR count). The third-order valence-corrected chi connectivity index (χ3v) is 4.50. The molecular weight excluding hydrogens is 351 g/mol. The molecule has 2 aromatic heterocycles. The number of fused-ring (bicyclic) bond motifs is 2. The summed E-state index contributed by atoms with van der Waals surface area (Å²) in [6.07, 6.45) is 6.09. The molecule has 7 heteroatoms. The highest BCUT2D eigenvalue weighted by molar-refractivity contribution is 9.10. The van der Waals surface area contributed by atoms with Crippen molar-refractivity contribution in [3.8, 4) is 0 Å². The maximum atomic E-state index is 14.0. The largest absolute Gasteiger partial charge is 0.334 e. The van der Waals surface area contributed by atoms with Crippen molar-refractivity contribution in [2.24, 2.45) is 0 Å². The maximum Gasteiger partial charge on any atom is 0.151 e. The van der Waals surface area contributed by atoms with Crippen molar-refractivity contribution in [2.45, 2.75) is 25.4 Å². The van der Waals surface area contributed by atoms with Gasteiger partial charge in [-0.1, -0.05) is 15.9 Å². The molecule has 0 aliphatic carbocycles. The first-order valence-electron chi connectivity index (χ1n) is 7.00. The van der Waals surface area contributed by atoms with E-state index in [0.29, 0.717) is 21.1 Å². The number of hydrogen-bond acceptors (Lipinski definition) is 3. The third-order valence-electron chi connectivity index (χ3n) is 4.04. The summed E-state index contributed by atoms with van der Waals surface area (Å²) < 4.78 is 18.2. The standard InChI is InChI=1S/C15H12BrFN4O/c16-9-4-11(17)10-6-21(19-12(10)5-9)14(7-22)15-13-2-1-3-20(13)8-18-15/h4-8,14H,1-3H2. The van der Waals surface area contributed by atoms with Gasteiger partial charge in [0, 0.05) is 22.9 Å². The average Bonchev–Trinajstić information content (AvgIpc) is 3.15. The van der Waals surface area contributed by atoms with Crippen LogP contribution in [0.2, 0.25) is 0 Å². The van der Waals surface area contributed by atoms with E-state index in [0.717, 1.165) is 31.4 Å². The Kier molecular flexibility index (Phi) is 3.11. The van der Waals surface area contributed by atoms with Crippen LogP contribution < -0.4 is 0 Å². The molecule has 1 atom stereocenters. The molecule has 0 saturated carbocycles. The van der Waals surface area contributed by atoms with Gasteiger partial charge in [0.25, 0.3) is 0 Å². The Morgan fingerprint density at radius 3 is 3.09 bits per heavy atom. The van der Waals surface area contributed by atoms with Crippen LogP contribution in [0.3, 0.4) is 0 Å². The summed E-state index contributed by atoms with van der Waals surface area (Å²) in [5.41, 5.74) is 2.28. The lowest BCUT2D eigenvalue weighted by molar-refractivity contribution is -0.109. The number of halogens is 2. The fourth-order valence-corrected chi connectivity index (χ4v) is 3.43. The van der Waals surface area contributed by atoms with Gasteiger partial charge in [-0.15, -0.1) is 0 Å². The van der Waals surface area contributed by atoms with E-state index < -0.39 is 6.04 Å². The van der Waals surface area contributed by atoms with Gasteiger partial charge in [-0.25, -0.2) is 9.37 Å². The minimum absolute atomic E-state index is 0.365. The first kappa shape index (κ1) is 13.6. The monoisotopic (exact) mass is 362 g/mol. The van der Waals surface area contributed by atoms with Crippen LogP contribution in [-0.4, -0.2) is 25.6 Å². The Bertz CT molecular complexity index is 885. The van der Waals surface area contributed by atoms with Gasteiger partial charge in [0.2, 0.25) is 0 Å². The molecule has 0 radical (unpaired) electrons. The minimum atomic E-state index is -0.625. The number of nitrogens with zero attached hydrogens (tertiary/aromatic N) is 4. The van der Waals surface area contributed by atoms with E-state index >= 15 is 0 Å². The van der Waals surface area contributed by atoms with Crippen molar-refractivity contribution < 1.29 is 9.18 Å². The number of aldehydes is 1. The molecule has 0 amide bonds. The maximum absolute atomic E-state index is 14.0. The fraction of sp³-hybridized carbons (Fsp3) is 0.267. The molecule has 0 saturated heterocycles. The quantitative estimate of drug-likeness (QED) is 0.673. The van der Waals surface area contributed by atoms with Gasteiger partial charge in [0.1, 0.15) is 5.82 Å². The second-order valence-corrected chi connectivity index (χ2v) is 6.30. The van der Waals surface area contributed by atoms with Crippen LogP contribution in [-0.2, 0) is 17.8 Å². The molecule has 5 nitrogen and oxygen atoms in total. The first-order chi connectivity index (χ1) is 10.7. The van der Waals surface area contributed by atoms with E-state index in [9.17, 15) is 9.18 Å². The number of carbonyl (C=O) groups excluding carboxylic acids is 1. The van der Waals surface area contributed by atoms with Gasteiger partial charge in [-0.3, -0.25) is 4.68 Å². The van der Waals surface area contributed by atoms with Gasteiger partial charge in [-0.2, -0.15) is 5.10 Å². The molecule has 0 spiro atoms. The molecule has 112 valence electrons. The normalized spacial score (nSPS) is 15.2. The summed E-state index contributed by atoms with van der Waals surface area (Å²) >= 11 is 3.25. The topological polar surface area (TPSA) is 52.7 Å². The molecule has 1 aromatic carbocycles. The second kappa shape index (κ2) is 5.01. The Labute approximate surface area is 133 Å². The molecule has 1 aliphatic heterocycles. The predicted molar refractivity (Wildman–Crippen MR) is 82.1 cm³/mol. The molecular formula is C15H12BrFN4O. The van der Waals surface area contributed by atoms with Gasteiger partial charge >= 0.3 is 0 Å². The lowest BCUT2D eigenvalue weighted by atomic mass is 10.1. The zero-order valence-electron chi connectivity index (χ0n) is 11.5. The molecule has 0 N–H and O–H groups in total. The second-order valence-electron chi connectivity index (χ2n) is 5.38. The Hall–Kier alpha value is -2.02. The van der Waals surface area contributed by atoms with Gasteiger partial charge < -0.3 is 9.36 Å². The van der Waals surface area contributed by atoms with E-state index in [-0.39, 0.29) is 5.82 Å². The Balaban J connectivity index is 1.85. The van der Waals surface area contributed by atoms with Crippen molar-refractivity contribution in [3.63, 3.8) is 0 Å². The van der Waals surface area contributed by atoms with Crippen LogP contribution in [0.1, 0.15) is 23.9 Å². The summed E-state index contributed by atoms with van der Waals surface area (Å²) in [4.78, 5) is 16.0. The lowest BCUT2D eigenvalue weighted by Gasteiger charge is -2.09. The van der Waals surface area contributed by atoms with E-state index in [4.69, 9.17) is 0 Å². The molecule has 1 unspecified atom stereocenters. The molecule has 22 heavy (non-hydrogen) atoms. The van der Waals surface area contributed by atoms with E-state index in [1.54, 1.807) is 18.6 Å². The summed E-state index contributed by atoms with van der Waals surface area (Å²) in [6.45, 7) is 0.927. The lowest BCUT2D eigenvalue weighted by Crippen LogP contribution is -2.14. The predicted octanol–water partition coefficient (Wildman–Crippen LogP) is 2.87. The molecule has 0 bridgehead atoms. The zero-order chi connectivity index (χ0) is 15.3. The number of benzene rings is 1. The van der Waals surface area contributed by atoms with Crippen molar-refractivity contribution in [1.82, 2.24) is 19.3 Å². The number of hydrogen-bond donors (Lipinski definition) is 0. The number of aryl methyl sites for hydroxylation is 1. The number of aromatic nitrogens is 4. The summed E-state index contributed by atoms with van der Waals surface area (Å²) in [5.74, 6) is -0.365. The van der Waals surface area contributed by atoms with Gasteiger partial charge in [-0.05, 0) is 25.0 Å². The van der Waals surface area contributed by atoms with Crippen LogP contribution in [0.4, 0.5) is 4.39 Å². The summed E-state index contributed by atoms with van der Waals surface area (Å²) in [6, 6.07) is 2.49. The minimum Gasteiger partial charge on any atom is -0.334 e. The van der Waals surface area contributed by atoms with Crippen LogP contribution in [0.15, 0.2) is 29.1 Å². The SMILES string of the molecule is O=CC(c1ncn2c1CCC2)n1cc2c(F)cc(Br)cc2n1. The first-order valence-corrected chi connectivity index (χ1v) is 7.80. The van der Waals surface area contributed by atoms with E-state index in [1.165, 1.54) is 10.7 Å². The fourth-order valence-electron chi connectivity index (χ4n) is 3.01. The highest BCUT2D eigenvalue weighted by Gasteiger charge is 2.25. The van der Waals surface area contributed by atoms with Gasteiger partial charge in [0.15, 0.2) is 12.3 Å². The number of rotatable bonds is 3. The molecule has 1 aliphatic rings. The zero-order valence-corrected chi connectivity index (χ0v) is 13.1. The van der Waals surface area contributed by atoms with Crippen LogP contribution >= 0.6 is 15.9 Å². The summed E-state index contributed by atoms with van der Waals surface area (Å²) in [5, 5.41) is 4.75. The molecule has 0 fully saturated rings. The molecule has 3 heterocycles. The van der Waals surface area contributed by atoms with Crippen molar-refractivity contribution in [3.05, 3.63) is 46.3 Å². The Morgan fingerprint density at radius 1 is 1.41 bits per heavy atom. The van der Waals surface area contributed by atoms with E-state index in [2.05, 4.69) is 30.6 Å². The average molecular weight is 363 g/mol. The van der Waals surface area contributed by atoms with Crippen LogP contribution in [0.5, 0.6) is 0 Å². The van der Waals surface area contributed by atoms with Gasteiger partial charge in [0.05, 0.1) is 22.9 Å². The van der Waals surface area contributed by atoms with Crippen molar-refractivity contribution in [2.75, 3.05) is 0 Å². The summed E-state index contributed by atoms with van der Waals surface area (Å²) in [7, 11) is 0. The highest BCUT2D eigenvalue weighted by atomic mass is 79.9. The third kappa shape index (κ3) is 1.99. The van der Waals surface area contributed by atoms with Crippen LogP contribution in [0, 0.1) is 5.82 Å². The number of imidazole rings is 1. The smallest absolute Gasteiger partial charge is 0.151 e. The molecule has 3 aromatic rings. The van der Waals surface area contributed by atoms with Crippen molar-refractivity contribution in [1.29, 1.82) is 0 Å².